The van der Waals surface area contributed by atoms with Crippen LogP contribution in [-0.2, 0) is 22.3 Å². The molecule has 18 heavy (non-hydrogen) atoms. The van der Waals surface area contributed by atoms with Crippen LogP contribution in [0.3, 0.4) is 0 Å². The molecule has 0 aromatic heterocycles. The van der Waals surface area contributed by atoms with E-state index in [9.17, 15) is 9.59 Å². The van der Waals surface area contributed by atoms with Gasteiger partial charge in [0.15, 0.2) is 0 Å². The summed E-state index contributed by atoms with van der Waals surface area (Å²) in [5, 5.41) is 0. The highest BCUT2D eigenvalue weighted by atomic mass is 16.5. The second-order valence-corrected chi connectivity index (χ2v) is 3.85. The van der Waals surface area contributed by atoms with E-state index in [1.54, 1.807) is 6.07 Å². The summed E-state index contributed by atoms with van der Waals surface area (Å²) in [6, 6.07) is 3.31. The Labute approximate surface area is 107 Å². The van der Waals surface area contributed by atoms with Crippen LogP contribution < -0.4 is 0 Å². The number of aryl methyl sites for hydroxylation is 1. The van der Waals surface area contributed by atoms with Gasteiger partial charge in [0.25, 0.3) is 0 Å². The molecule has 0 heterocycles. The summed E-state index contributed by atoms with van der Waals surface area (Å²) < 4.78 is 9.44. The SMILES string of the molecule is CCc1cc(C(=O)OC)cc(C(=O)OC)c1CC. The monoisotopic (exact) mass is 250 g/mol. The molecule has 0 N–H and O–H groups in total. The summed E-state index contributed by atoms with van der Waals surface area (Å²) in [5.74, 6) is -0.871. The molecule has 0 saturated heterocycles. The normalized spacial score (nSPS) is 10.0. The van der Waals surface area contributed by atoms with E-state index in [1.165, 1.54) is 20.3 Å². The Hall–Kier alpha value is -1.84. The van der Waals surface area contributed by atoms with Crippen LogP contribution in [-0.4, -0.2) is 26.2 Å². The molecular formula is C14H18O4. The number of carbonyl (C=O) groups is 2. The molecule has 0 aliphatic rings. The van der Waals surface area contributed by atoms with Crippen LogP contribution in [0.4, 0.5) is 0 Å². The molecule has 1 aromatic carbocycles. The van der Waals surface area contributed by atoms with E-state index in [-0.39, 0.29) is 0 Å². The Morgan fingerprint density at radius 3 is 2.06 bits per heavy atom. The maximum absolute atomic E-state index is 11.8. The Morgan fingerprint density at radius 2 is 1.61 bits per heavy atom. The number of hydrogen-bond acceptors (Lipinski definition) is 4. The zero-order valence-corrected chi connectivity index (χ0v) is 11.2. The van der Waals surface area contributed by atoms with Gasteiger partial charge < -0.3 is 9.47 Å². The summed E-state index contributed by atoms with van der Waals surface area (Å²) in [5.41, 5.74) is 2.73. The van der Waals surface area contributed by atoms with Crippen molar-refractivity contribution in [2.75, 3.05) is 14.2 Å². The van der Waals surface area contributed by atoms with Crippen molar-refractivity contribution < 1.29 is 19.1 Å². The molecule has 0 aliphatic carbocycles. The molecule has 0 saturated carbocycles. The molecule has 0 fully saturated rings. The number of esters is 2. The third kappa shape index (κ3) is 2.70. The highest BCUT2D eigenvalue weighted by Gasteiger charge is 2.18. The predicted octanol–water partition coefficient (Wildman–Crippen LogP) is 2.38. The van der Waals surface area contributed by atoms with Gasteiger partial charge >= 0.3 is 11.9 Å². The summed E-state index contributed by atoms with van der Waals surface area (Å²) in [6.07, 6.45) is 1.47. The fourth-order valence-corrected chi connectivity index (χ4v) is 1.99. The molecule has 0 radical (unpaired) electrons. The van der Waals surface area contributed by atoms with Crippen molar-refractivity contribution in [2.45, 2.75) is 26.7 Å². The van der Waals surface area contributed by atoms with E-state index in [4.69, 9.17) is 4.74 Å². The second kappa shape index (κ2) is 6.19. The number of hydrogen-bond donors (Lipinski definition) is 0. The average Bonchev–Trinajstić information content (AvgIpc) is 2.43. The van der Waals surface area contributed by atoms with Crippen LogP contribution in [0.1, 0.15) is 45.7 Å². The lowest BCUT2D eigenvalue weighted by molar-refractivity contribution is 0.0598. The summed E-state index contributed by atoms with van der Waals surface area (Å²) in [7, 11) is 2.65. The van der Waals surface area contributed by atoms with Crippen LogP contribution in [0.5, 0.6) is 0 Å². The third-order valence-electron chi connectivity index (χ3n) is 2.90. The van der Waals surface area contributed by atoms with Gasteiger partial charge in [-0.1, -0.05) is 13.8 Å². The Morgan fingerprint density at radius 1 is 1.00 bits per heavy atom. The van der Waals surface area contributed by atoms with E-state index in [0.29, 0.717) is 11.1 Å². The second-order valence-electron chi connectivity index (χ2n) is 3.85. The lowest BCUT2D eigenvalue weighted by Gasteiger charge is -2.13. The van der Waals surface area contributed by atoms with E-state index >= 15 is 0 Å². The first kappa shape index (κ1) is 14.2. The van der Waals surface area contributed by atoms with Gasteiger partial charge in [-0.25, -0.2) is 9.59 Å². The zero-order valence-electron chi connectivity index (χ0n) is 11.2. The van der Waals surface area contributed by atoms with Crippen LogP contribution in [0.15, 0.2) is 12.1 Å². The van der Waals surface area contributed by atoms with Crippen molar-refractivity contribution in [3.8, 4) is 0 Å². The lowest BCUT2D eigenvalue weighted by atomic mass is 9.94. The Balaban J connectivity index is 3.45. The van der Waals surface area contributed by atoms with Crippen molar-refractivity contribution in [1.82, 2.24) is 0 Å². The Kier molecular flexibility index (Phi) is 4.89. The molecule has 98 valence electrons. The molecule has 1 aromatic rings. The number of benzene rings is 1. The summed E-state index contributed by atoms with van der Waals surface area (Å²) in [4.78, 5) is 23.3. The first-order chi connectivity index (χ1) is 8.58. The lowest BCUT2D eigenvalue weighted by Crippen LogP contribution is -2.12. The summed E-state index contributed by atoms with van der Waals surface area (Å²) >= 11 is 0. The zero-order chi connectivity index (χ0) is 13.7. The number of methoxy groups -OCH3 is 2. The van der Waals surface area contributed by atoms with Gasteiger partial charge in [-0.05, 0) is 36.1 Å². The first-order valence-corrected chi connectivity index (χ1v) is 5.91. The molecule has 0 amide bonds. The van der Waals surface area contributed by atoms with Crippen LogP contribution >= 0.6 is 0 Å². The fraction of sp³-hybridized carbons (Fsp3) is 0.429. The van der Waals surface area contributed by atoms with Crippen LogP contribution in [0.25, 0.3) is 0 Å². The fourth-order valence-electron chi connectivity index (χ4n) is 1.99. The van der Waals surface area contributed by atoms with E-state index in [2.05, 4.69) is 4.74 Å². The summed E-state index contributed by atoms with van der Waals surface area (Å²) in [6.45, 7) is 3.95. The van der Waals surface area contributed by atoms with Gasteiger partial charge in [-0.2, -0.15) is 0 Å². The third-order valence-corrected chi connectivity index (χ3v) is 2.90. The molecule has 4 heteroatoms. The molecule has 1 rings (SSSR count). The van der Waals surface area contributed by atoms with Gasteiger partial charge in [0.05, 0.1) is 25.3 Å². The van der Waals surface area contributed by atoms with Gasteiger partial charge in [0.2, 0.25) is 0 Å². The largest absolute Gasteiger partial charge is 0.465 e. The number of carbonyl (C=O) groups excluding carboxylic acids is 2. The minimum absolute atomic E-state index is 0.381. The number of ether oxygens (including phenoxy) is 2. The van der Waals surface area contributed by atoms with Gasteiger partial charge in [0.1, 0.15) is 0 Å². The molecule has 0 bridgehead atoms. The molecule has 0 spiro atoms. The quantitative estimate of drug-likeness (QED) is 0.770. The Bertz CT molecular complexity index is 463. The highest BCUT2D eigenvalue weighted by molar-refractivity contribution is 5.97. The maximum atomic E-state index is 11.8. The molecule has 4 nitrogen and oxygen atoms in total. The van der Waals surface area contributed by atoms with Crippen LogP contribution in [0, 0.1) is 0 Å². The van der Waals surface area contributed by atoms with Gasteiger partial charge in [0, 0.05) is 0 Å². The van der Waals surface area contributed by atoms with Gasteiger partial charge in [-0.15, -0.1) is 0 Å². The molecular weight excluding hydrogens is 232 g/mol. The maximum Gasteiger partial charge on any atom is 0.338 e. The minimum Gasteiger partial charge on any atom is -0.465 e. The van der Waals surface area contributed by atoms with Crippen molar-refractivity contribution >= 4 is 11.9 Å². The smallest absolute Gasteiger partial charge is 0.338 e. The van der Waals surface area contributed by atoms with Crippen molar-refractivity contribution in [2.24, 2.45) is 0 Å². The van der Waals surface area contributed by atoms with Crippen molar-refractivity contribution in [1.29, 1.82) is 0 Å². The molecule has 0 aliphatic heterocycles. The highest BCUT2D eigenvalue weighted by Crippen LogP contribution is 2.21. The van der Waals surface area contributed by atoms with Crippen molar-refractivity contribution in [3.05, 3.63) is 34.4 Å². The minimum atomic E-state index is -0.447. The van der Waals surface area contributed by atoms with E-state index < -0.39 is 11.9 Å². The van der Waals surface area contributed by atoms with E-state index in [1.807, 2.05) is 13.8 Å². The standard InChI is InChI=1S/C14H18O4/c1-5-9-7-10(13(15)17-3)8-12(11(9)6-2)14(16)18-4/h7-8H,5-6H2,1-4H3. The van der Waals surface area contributed by atoms with E-state index in [0.717, 1.165) is 24.0 Å². The topological polar surface area (TPSA) is 52.6 Å². The van der Waals surface area contributed by atoms with Gasteiger partial charge in [-0.3, -0.25) is 0 Å². The molecule has 0 atom stereocenters. The number of rotatable bonds is 4. The predicted molar refractivity (Wildman–Crippen MR) is 67.9 cm³/mol. The van der Waals surface area contributed by atoms with Crippen LogP contribution in [0.2, 0.25) is 0 Å². The van der Waals surface area contributed by atoms with Crippen molar-refractivity contribution in [3.63, 3.8) is 0 Å². The molecule has 0 unspecified atom stereocenters. The first-order valence-electron chi connectivity index (χ1n) is 5.91. The average molecular weight is 250 g/mol.